The molecular formula is C17H12BrF3N4O. The van der Waals surface area contributed by atoms with Gasteiger partial charge in [0, 0.05) is 21.8 Å². The Labute approximate surface area is 154 Å². The number of anilines is 1. The molecule has 3 aromatic rings. The van der Waals surface area contributed by atoms with Gasteiger partial charge < -0.3 is 5.32 Å². The SMILES string of the molecule is O=C(Nc1ccc(Br)cc1)c1cnn2c(C(F)(F)F)cc(C3CC3)nc12. The maximum Gasteiger partial charge on any atom is 0.433 e. The van der Waals surface area contributed by atoms with Crippen LogP contribution in [-0.4, -0.2) is 20.5 Å². The molecule has 4 rings (SSSR count). The summed E-state index contributed by atoms with van der Waals surface area (Å²) in [4.78, 5) is 16.8. The Kier molecular flexibility index (Phi) is 3.98. The fraction of sp³-hybridized carbons (Fsp3) is 0.235. The lowest BCUT2D eigenvalue weighted by Gasteiger charge is -2.11. The number of nitrogens with one attached hydrogen (secondary N) is 1. The summed E-state index contributed by atoms with van der Waals surface area (Å²) in [5, 5.41) is 6.40. The zero-order chi connectivity index (χ0) is 18.5. The van der Waals surface area contributed by atoms with Crippen molar-refractivity contribution >= 4 is 33.2 Å². The van der Waals surface area contributed by atoms with E-state index in [1.165, 1.54) is 0 Å². The molecule has 0 atom stereocenters. The summed E-state index contributed by atoms with van der Waals surface area (Å²) in [7, 11) is 0. The molecule has 0 saturated heterocycles. The van der Waals surface area contributed by atoms with Gasteiger partial charge in [-0.2, -0.15) is 18.3 Å². The van der Waals surface area contributed by atoms with Crippen LogP contribution in [-0.2, 0) is 6.18 Å². The van der Waals surface area contributed by atoms with E-state index in [9.17, 15) is 18.0 Å². The van der Waals surface area contributed by atoms with Crippen molar-refractivity contribution in [3.8, 4) is 0 Å². The minimum Gasteiger partial charge on any atom is -0.322 e. The van der Waals surface area contributed by atoms with Crippen LogP contribution in [0.2, 0.25) is 0 Å². The molecule has 9 heteroatoms. The molecule has 2 heterocycles. The van der Waals surface area contributed by atoms with Gasteiger partial charge in [0.1, 0.15) is 11.3 Å². The second-order valence-electron chi connectivity index (χ2n) is 6.09. The van der Waals surface area contributed by atoms with Gasteiger partial charge in [0.25, 0.3) is 5.91 Å². The highest BCUT2D eigenvalue weighted by atomic mass is 79.9. The third-order valence-electron chi connectivity index (χ3n) is 4.12. The lowest BCUT2D eigenvalue weighted by molar-refractivity contribution is -0.142. The average Bonchev–Trinajstić information content (AvgIpc) is 3.34. The van der Waals surface area contributed by atoms with Crippen LogP contribution in [0.25, 0.3) is 5.65 Å². The molecule has 1 aliphatic carbocycles. The van der Waals surface area contributed by atoms with E-state index in [2.05, 4.69) is 31.3 Å². The third-order valence-corrected chi connectivity index (χ3v) is 4.65. The molecule has 0 bridgehead atoms. The molecule has 1 aromatic carbocycles. The van der Waals surface area contributed by atoms with E-state index in [1.54, 1.807) is 24.3 Å². The molecule has 1 fully saturated rings. The van der Waals surface area contributed by atoms with Crippen LogP contribution in [0.5, 0.6) is 0 Å². The summed E-state index contributed by atoms with van der Waals surface area (Å²) >= 11 is 3.29. The van der Waals surface area contributed by atoms with Crippen molar-refractivity contribution in [1.29, 1.82) is 0 Å². The molecule has 1 N–H and O–H groups in total. The monoisotopic (exact) mass is 424 g/mol. The summed E-state index contributed by atoms with van der Waals surface area (Å²) in [6, 6.07) is 7.87. The number of rotatable bonds is 3. The van der Waals surface area contributed by atoms with Crippen LogP contribution in [0.15, 0.2) is 41.0 Å². The fourth-order valence-electron chi connectivity index (χ4n) is 2.66. The van der Waals surface area contributed by atoms with Crippen LogP contribution in [0, 0.1) is 0 Å². The van der Waals surface area contributed by atoms with Crippen LogP contribution in [0.4, 0.5) is 18.9 Å². The number of alkyl halides is 3. The maximum atomic E-state index is 13.4. The van der Waals surface area contributed by atoms with Crippen molar-refractivity contribution in [2.45, 2.75) is 24.9 Å². The second-order valence-corrected chi connectivity index (χ2v) is 7.01. The van der Waals surface area contributed by atoms with Gasteiger partial charge in [0.05, 0.1) is 6.20 Å². The lowest BCUT2D eigenvalue weighted by Crippen LogP contribution is -2.16. The highest BCUT2D eigenvalue weighted by Gasteiger charge is 2.37. The molecular weight excluding hydrogens is 413 g/mol. The van der Waals surface area contributed by atoms with E-state index in [-0.39, 0.29) is 17.1 Å². The molecule has 1 aliphatic rings. The number of nitrogens with zero attached hydrogens (tertiary/aromatic N) is 3. The van der Waals surface area contributed by atoms with Gasteiger partial charge in [0.2, 0.25) is 0 Å². The summed E-state index contributed by atoms with van der Waals surface area (Å²) in [6.45, 7) is 0. The number of hydrogen-bond acceptors (Lipinski definition) is 3. The van der Waals surface area contributed by atoms with Gasteiger partial charge in [-0.05, 0) is 43.2 Å². The number of carbonyl (C=O) groups excluding carboxylic acids is 1. The molecule has 0 spiro atoms. The van der Waals surface area contributed by atoms with Gasteiger partial charge in [-0.3, -0.25) is 4.79 Å². The third kappa shape index (κ3) is 3.18. The summed E-state index contributed by atoms with van der Waals surface area (Å²) < 4.78 is 41.7. The Hall–Kier alpha value is -2.42. The van der Waals surface area contributed by atoms with E-state index in [4.69, 9.17) is 0 Å². The number of aromatic nitrogens is 3. The van der Waals surface area contributed by atoms with E-state index in [0.717, 1.165) is 29.6 Å². The molecule has 0 unspecified atom stereocenters. The normalized spacial score (nSPS) is 14.6. The van der Waals surface area contributed by atoms with E-state index < -0.39 is 17.8 Å². The number of hydrogen-bond donors (Lipinski definition) is 1. The van der Waals surface area contributed by atoms with Crippen LogP contribution in [0.1, 0.15) is 40.5 Å². The van der Waals surface area contributed by atoms with E-state index >= 15 is 0 Å². The molecule has 1 saturated carbocycles. The quantitative estimate of drug-likeness (QED) is 0.665. The van der Waals surface area contributed by atoms with Crippen molar-refractivity contribution < 1.29 is 18.0 Å². The predicted octanol–water partition coefficient (Wildman–Crippen LogP) is 4.64. The van der Waals surface area contributed by atoms with E-state index in [1.807, 2.05) is 0 Å². The Bertz CT molecular complexity index is 994. The number of benzene rings is 1. The Morgan fingerprint density at radius 3 is 2.54 bits per heavy atom. The van der Waals surface area contributed by atoms with Gasteiger partial charge in [0.15, 0.2) is 5.65 Å². The number of carbonyl (C=O) groups is 1. The van der Waals surface area contributed by atoms with Crippen molar-refractivity contribution in [1.82, 2.24) is 14.6 Å². The van der Waals surface area contributed by atoms with Gasteiger partial charge in [-0.25, -0.2) is 9.50 Å². The largest absolute Gasteiger partial charge is 0.433 e. The Morgan fingerprint density at radius 1 is 1.23 bits per heavy atom. The topological polar surface area (TPSA) is 59.3 Å². The minimum absolute atomic E-state index is 0.000851. The average molecular weight is 425 g/mol. The first-order chi connectivity index (χ1) is 12.3. The van der Waals surface area contributed by atoms with E-state index in [0.29, 0.717) is 15.9 Å². The van der Waals surface area contributed by atoms with Crippen LogP contribution >= 0.6 is 15.9 Å². The molecule has 0 radical (unpaired) electrons. The van der Waals surface area contributed by atoms with Crippen molar-refractivity contribution in [3.05, 3.63) is 58.0 Å². The Balaban J connectivity index is 1.76. The number of halogens is 4. The molecule has 2 aromatic heterocycles. The fourth-order valence-corrected chi connectivity index (χ4v) is 2.93. The Morgan fingerprint density at radius 2 is 1.92 bits per heavy atom. The maximum absolute atomic E-state index is 13.4. The number of fused-ring (bicyclic) bond motifs is 1. The molecule has 0 aliphatic heterocycles. The first kappa shape index (κ1) is 17.0. The smallest absolute Gasteiger partial charge is 0.322 e. The summed E-state index contributed by atoms with van der Waals surface area (Å²) in [5.74, 6) is -0.547. The van der Waals surface area contributed by atoms with Gasteiger partial charge >= 0.3 is 6.18 Å². The molecule has 26 heavy (non-hydrogen) atoms. The standard InChI is InChI=1S/C17H12BrF3N4O/c18-10-3-5-11(6-4-10)23-16(26)12-8-22-25-14(17(19,20)21)7-13(9-1-2-9)24-15(12)25/h3-9H,1-2H2,(H,23,26). The number of amides is 1. The van der Waals surface area contributed by atoms with Crippen molar-refractivity contribution in [2.24, 2.45) is 0 Å². The van der Waals surface area contributed by atoms with Crippen molar-refractivity contribution in [2.75, 3.05) is 5.32 Å². The molecule has 1 amide bonds. The predicted molar refractivity (Wildman–Crippen MR) is 92.1 cm³/mol. The lowest BCUT2D eigenvalue weighted by atomic mass is 10.2. The highest BCUT2D eigenvalue weighted by molar-refractivity contribution is 9.10. The second kappa shape index (κ2) is 6.08. The van der Waals surface area contributed by atoms with Crippen LogP contribution < -0.4 is 5.32 Å². The van der Waals surface area contributed by atoms with Crippen molar-refractivity contribution in [3.63, 3.8) is 0 Å². The van der Waals surface area contributed by atoms with Crippen LogP contribution in [0.3, 0.4) is 0 Å². The molecule has 5 nitrogen and oxygen atoms in total. The summed E-state index contributed by atoms with van der Waals surface area (Å²) in [5.41, 5.74) is -0.140. The van der Waals surface area contributed by atoms with Gasteiger partial charge in [-0.1, -0.05) is 15.9 Å². The zero-order valence-corrected chi connectivity index (χ0v) is 14.8. The zero-order valence-electron chi connectivity index (χ0n) is 13.2. The minimum atomic E-state index is -4.59. The van der Waals surface area contributed by atoms with Gasteiger partial charge in [-0.15, -0.1) is 0 Å². The molecule has 134 valence electrons. The highest BCUT2D eigenvalue weighted by Crippen LogP contribution is 2.41. The first-order valence-corrected chi connectivity index (χ1v) is 8.65. The first-order valence-electron chi connectivity index (χ1n) is 7.86. The summed E-state index contributed by atoms with van der Waals surface area (Å²) in [6.07, 6.45) is -1.87.